The van der Waals surface area contributed by atoms with E-state index in [0.29, 0.717) is 11.1 Å². The Hall–Kier alpha value is -2.41. The number of fused-ring (bicyclic) bond motifs is 1. The van der Waals surface area contributed by atoms with Gasteiger partial charge in [0.15, 0.2) is 5.78 Å². The summed E-state index contributed by atoms with van der Waals surface area (Å²) in [4.78, 5) is 33.3. The van der Waals surface area contributed by atoms with Crippen molar-refractivity contribution in [2.75, 3.05) is 5.73 Å². The lowest BCUT2D eigenvalue weighted by Crippen LogP contribution is -2.11. The molecule has 0 saturated carbocycles. The van der Waals surface area contributed by atoms with E-state index in [-0.39, 0.29) is 22.8 Å². The highest BCUT2D eigenvalue weighted by atomic mass is 79.9. The van der Waals surface area contributed by atoms with E-state index in [1.165, 1.54) is 6.20 Å². The molecule has 20 heavy (non-hydrogen) atoms. The normalized spacial score (nSPS) is 10.8. The van der Waals surface area contributed by atoms with Gasteiger partial charge in [-0.15, -0.1) is 0 Å². The number of carbonyl (C=O) groups excluding carboxylic acids is 1. The first-order valence-corrected chi connectivity index (χ1v) is 6.52. The third kappa shape index (κ3) is 2.01. The van der Waals surface area contributed by atoms with E-state index >= 15 is 0 Å². The van der Waals surface area contributed by atoms with E-state index in [4.69, 9.17) is 5.73 Å². The van der Waals surface area contributed by atoms with E-state index in [1.807, 2.05) is 0 Å². The molecule has 0 fully saturated rings. The third-order valence-corrected chi connectivity index (χ3v) is 3.43. The quantitative estimate of drug-likeness (QED) is 0.622. The fourth-order valence-electron chi connectivity index (χ4n) is 1.96. The molecule has 0 spiro atoms. The van der Waals surface area contributed by atoms with Gasteiger partial charge < -0.3 is 10.7 Å². The van der Waals surface area contributed by atoms with Gasteiger partial charge in [0.05, 0.1) is 5.56 Å². The second-order valence-electron chi connectivity index (χ2n) is 4.21. The Morgan fingerprint density at radius 1 is 1.25 bits per heavy atom. The zero-order valence-corrected chi connectivity index (χ0v) is 11.7. The van der Waals surface area contributed by atoms with Crippen LogP contribution in [0, 0.1) is 0 Å². The second kappa shape index (κ2) is 4.61. The summed E-state index contributed by atoms with van der Waals surface area (Å²) in [5.74, 6) is -0.242. The van der Waals surface area contributed by atoms with E-state index in [0.717, 1.165) is 4.47 Å². The first kappa shape index (κ1) is 12.6. The predicted molar refractivity (Wildman–Crippen MR) is 78.7 cm³/mol. The van der Waals surface area contributed by atoms with Crippen LogP contribution in [0.25, 0.3) is 11.0 Å². The van der Waals surface area contributed by atoms with Crippen molar-refractivity contribution in [3.63, 3.8) is 0 Å². The van der Waals surface area contributed by atoms with Gasteiger partial charge in [-0.1, -0.05) is 15.9 Å². The molecular weight excluding hydrogens is 324 g/mol. The lowest BCUT2D eigenvalue weighted by Gasteiger charge is -2.00. The molecule has 0 radical (unpaired) electrons. The number of hydrogen-bond donors (Lipinski definition) is 3. The summed E-state index contributed by atoms with van der Waals surface area (Å²) in [5, 5.41) is 0. The maximum Gasteiger partial charge on any atom is 0.276 e. The lowest BCUT2D eigenvalue weighted by atomic mass is 10.1. The van der Waals surface area contributed by atoms with Crippen molar-refractivity contribution in [2.45, 2.75) is 0 Å². The van der Waals surface area contributed by atoms with Crippen LogP contribution in [0.15, 0.2) is 39.7 Å². The van der Waals surface area contributed by atoms with Crippen LogP contribution in [0.1, 0.15) is 15.9 Å². The number of nitrogen functional groups attached to an aromatic ring is 1. The maximum atomic E-state index is 12.4. The average Bonchev–Trinajstić information content (AvgIpc) is 2.82. The monoisotopic (exact) mass is 332 g/mol. The second-order valence-corrected chi connectivity index (χ2v) is 5.13. The Kier molecular flexibility index (Phi) is 2.90. The number of H-pyrrole nitrogens is 2. The number of aromatic nitrogens is 3. The molecule has 0 aliphatic carbocycles. The number of hydrogen-bond acceptors (Lipinski definition) is 4. The highest BCUT2D eigenvalue weighted by Crippen LogP contribution is 2.19. The van der Waals surface area contributed by atoms with E-state index in [2.05, 4.69) is 30.9 Å². The van der Waals surface area contributed by atoms with Crippen LogP contribution >= 0.6 is 15.9 Å². The number of benzene rings is 1. The van der Waals surface area contributed by atoms with Gasteiger partial charge in [-0.2, -0.15) is 0 Å². The Bertz CT molecular complexity index is 864. The molecule has 0 atom stereocenters. The Morgan fingerprint density at radius 2 is 1.95 bits per heavy atom. The predicted octanol–water partition coefficient (Wildman–Crippen LogP) is 1.83. The van der Waals surface area contributed by atoms with Crippen LogP contribution in [0.2, 0.25) is 0 Å². The summed E-state index contributed by atoms with van der Waals surface area (Å²) >= 11 is 3.31. The standard InChI is InChI=1S/C13H9BrN4O2/c14-7-3-1-6(2-4-7)11(19)8-5-16-10-9(8)17-13(15)18-12(10)20/h1-5,16H,(H3,15,17,18,20). The maximum absolute atomic E-state index is 12.4. The van der Waals surface area contributed by atoms with Crippen molar-refractivity contribution in [2.24, 2.45) is 0 Å². The van der Waals surface area contributed by atoms with Gasteiger partial charge >= 0.3 is 0 Å². The SMILES string of the molecule is Nc1nc2c(C(=O)c3ccc(Br)cc3)c[nH]c2c(=O)[nH]1. The van der Waals surface area contributed by atoms with Crippen molar-refractivity contribution in [1.82, 2.24) is 15.0 Å². The summed E-state index contributed by atoms with van der Waals surface area (Å²) in [6.45, 7) is 0. The number of nitrogens with one attached hydrogen (secondary N) is 2. The molecule has 4 N–H and O–H groups in total. The minimum Gasteiger partial charge on any atom is -0.369 e. The largest absolute Gasteiger partial charge is 0.369 e. The summed E-state index contributed by atoms with van der Waals surface area (Å²) < 4.78 is 0.881. The number of halogens is 1. The fraction of sp³-hybridized carbons (Fsp3) is 0. The topological polar surface area (TPSA) is 105 Å². The molecule has 0 bridgehead atoms. The van der Waals surface area contributed by atoms with Crippen molar-refractivity contribution < 1.29 is 4.79 Å². The van der Waals surface area contributed by atoms with Crippen LogP contribution in [0.5, 0.6) is 0 Å². The van der Waals surface area contributed by atoms with Crippen molar-refractivity contribution >= 4 is 38.7 Å². The molecule has 2 aromatic heterocycles. The fourth-order valence-corrected chi connectivity index (χ4v) is 2.23. The molecule has 0 unspecified atom stereocenters. The number of aromatic amines is 2. The minimum atomic E-state index is -0.401. The molecular formula is C13H9BrN4O2. The van der Waals surface area contributed by atoms with Gasteiger partial charge in [0, 0.05) is 16.2 Å². The number of ketones is 1. The number of nitrogens with two attached hydrogens (primary N) is 1. The lowest BCUT2D eigenvalue weighted by molar-refractivity contribution is 0.104. The van der Waals surface area contributed by atoms with E-state index < -0.39 is 5.56 Å². The summed E-state index contributed by atoms with van der Waals surface area (Å²) in [6, 6.07) is 6.94. The van der Waals surface area contributed by atoms with Crippen LogP contribution in [0.3, 0.4) is 0 Å². The van der Waals surface area contributed by atoms with E-state index in [1.54, 1.807) is 24.3 Å². The van der Waals surface area contributed by atoms with Gasteiger partial charge in [-0.3, -0.25) is 14.6 Å². The first-order valence-electron chi connectivity index (χ1n) is 5.73. The van der Waals surface area contributed by atoms with Gasteiger partial charge in [0.2, 0.25) is 5.95 Å². The highest BCUT2D eigenvalue weighted by Gasteiger charge is 2.17. The van der Waals surface area contributed by atoms with Gasteiger partial charge in [0.1, 0.15) is 11.0 Å². The molecule has 6 nitrogen and oxygen atoms in total. The molecule has 1 aromatic carbocycles. The third-order valence-electron chi connectivity index (χ3n) is 2.90. The Balaban J connectivity index is 2.17. The van der Waals surface area contributed by atoms with Crippen LogP contribution in [0.4, 0.5) is 5.95 Å². The van der Waals surface area contributed by atoms with Gasteiger partial charge in [-0.25, -0.2) is 4.98 Å². The average molecular weight is 333 g/mol. The van der Waals surface area contributed by atoms with Gasteiger partial charge in [0.25, 0.3) is 5.56 Å². The summed E-state index contributed by atoms with van der Waals surface area (Å²) in [5.41, 5.74) is 6.45. The van der Waals surface area contributed by atoms with E-state index in [9.17, 15) is 9.59 Å². The Labute approximate surface area is 121 Å². The minimum absolute atomic E-state index is 0.0213. The molecule has 0 amide bonds. The molecule has 7 heteroatoms. The molecule has 100 valence electrons. The smallest absolute Gasteiger partial charge is 0.276 e. The molecule has 2 heterocycles. The van der Waals surface area contributed by atoms with Crippen LogP contribution < -0.4 is 11.3 Å². The summed E-state index contributed by atoms with van der Waals surface area (Å²) in [7, 11) is 0. The molecule has 3 rings (SSSR count). The van der Waals surface area contributed by atoms with Crippen LogP contribution in [-0.2, 0) is 0 Å². The molecule has 0 saturated heterocycles. The number of nitrogens with zero attached hydrogens (tertiary/aromatic N) is 1. The number of rotatable bonds is 2. The molecule has 0 aliphatic heterocycles. The van der Waals surface area contributed by atoms with Crippen molar-refractivity contribution in [1.29, 1.82) is 0 Å². The zero-order chi connectivity index (χ0) is 14.3. The number of anilines is 1. The zero-order valence-electron chi connectivity index (χ0n) is 10.1. The van der Waals surface area contributed by atoms with Crippen molar-refractivity contribution in [3.8, 4) is 0 Å². The molecule has 0 aliphatic rings. The Morgan fingerprint density at radius 3 is 2.65 bits per heavy atom. The summed E-state index contributed by atoms with van der Waals surface area (Å²) in [6.07, 6.45) is 1.47. The van der Waals surface area contributed by atoms with Gasteiger partial charge in [-0.05, 0) is 24.3 Å². The highest BCUT2D eigenvalue weighted by molar-refractivity contribution is 9.10. The molecule has 3 aromatic rings. The van der Waals surface area contributed by atoms with Crippen molar-refractivity contribution in [3.05, 3.63) is 56.4 Å². The number of carbonyl (C=O) groups is 1. The van der Waals surface area contributed by atoms with Crippen LogP contribution in [-0.4, -0.2) is 20.7 Å². The first-order chi connectivity index (χ1) is 9.56.